The van der Waals surface area contributed by atoms with Crippen LogP contribution in [0.15, 0.2) is 30.5 Å². The lowest BCUT2D eigenvalue weighted by atomic mass is 10.1. The van der Waals surface area contributed by atoms with E-state index in [4.69, 9.17) is 4.74 Å². The number of benzene rings is 1. The van der Waals surface area contributed by atoms with Crippen LogP contribution in [0, 0.1) is 0 Å². The van der Waals surface area contributed by atoms with Gasteiger partial charge in [-0.25, -0.2) is 14.8 Å². The molecule has 7 nitrogen and oxygen atoms in total. The Morgan fingerprint density at radius 3 is 2.57 bits per heavy atom. The molecule has 0 saturated carbocycles. The van der Waals surface area contributed by atoms with Gasteiger partial charge < -0.3 is 15.0 Å². The third-order valence-corrected chi connectivity index (χ3v) is 5.41. The van der Waals surface area contributed by atoms with Crippen LogP contribution in [0.5, 0.6) is 0 Å². The molecule has 1 aromatic carbocycles. The highest BCUT2D eigenvalue weighted by Crippen LogP contribution is 2.22. The van der Waals surface area contributed by atoms with Crippen LogP contribution < -0.4 is 5.32 Å². The SMILES string of the molecule is CC(C)(C)OC(=O)N1CCc2cnc(Nc3ccc(CN4CCCC4)cc3)nc2C1. The van der Waals surface area contributed by atoms with Crippen molar-refractivity contribution in [3.05, 3.63) is 47.3 Å². The van der Waals surface area contributed by atoms with Gasteiger partial charge in [0.05, 0.1) is 12.2 Å². The number of carbonyl (C=O) groups is 1. The Labute approximate surface area is 178 Å². The van der Waals surface area contributed by atoms with Crippen LogP contribution in [0.2, 0.25) is 0 Å². The van der Waals surface area contributed by atoms with Crippen molar-refractivity contribution < 1.29 is 9.53 Å². The fourth-order valence-corrected chi connectivity index (χ4v) is 3.87. The number of carbonyl (C=O) groups excluding carboxylic acids is 1. The molecule has 0 radical (unpaired) electrons. The molecule has 0 aliphatic carbocycles. The maximum Gasteiger partial charge on any atom is 0.410 e. The number of ether oxygens (including phenoxy) is 1. The van der Waals surface area contributed by atoms with Gasteiger partial charge in [0, 0.05) is 25.0 Å². The quantitative estimate of drug-likeness (QED) is 0.819. The lowest BCUT2D eigenvalue weighted by Gasteiger charge is -2.30. The van der Waals surface area contributed by atoms with Gasteiger partial charge in [-0.2, -0.15) is 0 Å². The van der Waals surface area contributed by atoms with Gasteiger partial charge in [0.2, 0.25) is 5.95 Å². The molecule has 0 atom stereocenters. The van der Waals surface area contributed by atoms with E-state index in [9.17, 15) is 4.79 Å². The Balaban J connectivity index is 1.39. The zero-order valence-corrected chi connectivity index (χ0v) is 18.1. The van der Waals surface area contributed by atoms with Crippen molar-refractivity contribution in [1.29, 1.82) is 0 Å². The maximum absolute atomic E-state index is 12.4. The van der Waals surface area contributed by atoms with E-state index in [1.54, 1.807) is 4.90 Å². The largest absolute Gasteiger partial charge is 0.444 e. The third kappa shape index (κ3) is 5.27. The van der Waals surface area contributed by atoms with E-state index >= 15 is 0 Å². The van der Waals surface area contributed by atoms with Crippen LogP contribution in [0.1, 0.15) is 50.4 Å². The van der Waals surface area contributed by atoms with Crippen LogP contribution in [0.4, 0.5) is 16.4 Å². The van der Waals surface area contributed by atoms with Crippen LogP contribution in [-0.4, -0.2) is 51.1 Å². The minimum absolute atomic E-state index is 0.296. The molecule has 1 fully saturated rings. The minimum atomic E-state index is -0.503. The molecular formula is C23H31N5O2. The van der Waals surface area contributed by atoms with Gasteiger partial charge in [0.1, 0.15) is 5.60 Å². The van der Waals surface area contributed by atoms with Gasteiger partial charge in [0.15, 0.2) is 0 Å². The summed E-state index contributed by atoms with van der Waals surface area (Å²) in [5, 5.41) is 3.29. The Kier molecular flexibility index (Phi) is 5.90. The van der Waals surface area contributed by atoms with Gasteiger partial charge >= 0.3 is 6.09 Å². The summed E-state index contributed by atoms with van der Waals surface area (Å²) in [5.74, 6) is 0.548. The minimum Gasteiger partial charge on any atom is -0.444 e. The molecule has 1 N–H and O–H groups in total. The summed E-state index contributed by atoms with van der Waals surface area (Å²) in [7, 11) is 0. The van der Waals surface area contributed by atoms with Crippen molar-refractivity contribution in [3.63, 3.8) is 0 Å². The molecule has 0 spiro atoms. The monoisotopic (exact) mass is 409 g/mol. The average molecular weight is 410 g/mol. The van der Waals surface area contributed by atoms with Crippen molar-refractivity contribution in [3.8, 4) is 0 Å². The lowest BCUT2D eigenvalue weighted by Crippen LogP contribution is -2.40. The first-order chi connectivity index (χ1) is 14.4. The van der Waals surface area contributed by atoms with E-state index in [0.29, 0.717) is 19.0 Å². The summed E-state index contributed by atoms with van der Waals surface area (Å²) in [5.41, 5.74) is 3.73. The summed E-state index contributed by atoms with van der Waals surface area (Å²) in [6, 6.07) is 8.45. The maximum atomic E-state index is 12.4. The molecule has 7 heteroatoms. The second-order valence-electron chi connectivity index (χ2n) is 9.12. The summed E-state index contributed by atoms with van der Waals surface area (Å²) in [6.45, 7) is 10.1. The number of likely N-dealkylation sites (tertiary alicyclic amines) is 1. The zero-order valence-electron chi connectivity index (χ0n) is 18.1. The molecule has 160 valence electrons. The normalized spacial score (nSPS) is 17.0. The molecule has 1 saturated heterocycles. The predicted molar refractivity (Wildman–Crippen MR) is 117 cm³/mol. The summed E-state index contributed by atoms with van der Waals surface area (Å²) in [6.07, 6.45) is 4.91. The highest BCUT2D eigenvalue weighted by molar-refractivity contribution is 5.68. The standard InChI is InChI=1S/C23H31N5O2/c1-23(2,3)30-22(29)28-13-10-18-14-24-21(26-20(18)16-28)25-19-8-6-17(7-9-19)15-27-11-4-5-12-27/h6-9,14H,4-5,10-13,15-16H2,1-3H3,(H,24,25,26). The lowest BCUT2D eigenvalue weighted by molar-refractivity contribution is 0.0220. The van der Waals surface area contributed by atoms with Gasteiger partial charge in [-0.05, 0) is 76.4 Å². The van der Waals surface area contributed by atoms with Gasteiger partial charge in [-0.3, -0.25) is 4.90 Å². The molecule has 2 aliphatic heterocycles. The molecule has 1 aromatic heterocycles. The van der Waals surface area contributed by atoms with Gasteiger partial charge in [0.25, 0.3) is 0 Å². The number of hydrogen-bond acceptors (Lipinski definition) is 6. The van der Waals surface area contributed by atoms with Crippen LogP contribution in [0.25, 0.3) is 0 Å². The number of nitrogens with one attached hydrogen (secondary N) is 1. The van der Waals surface area contributed by atoms with Gasteiger partial charge in [-0.1, -0.05) is 12.1 Å². The Morgan fingerprint density at radius 2 is 1.87 bits per heavy atom. The smallest absolute Gasteiger partial charge is 0.410 e. The molecule has 4 rings (SSSR count). The highest BCUT2D eigenvalue weighted by Gasteiger charge is 2.26. The molecular weight excluding hydrogens is 378 g/mol. The topological polar surface area (TPSA) is 70.6 Å². The van der Waals surface area contributed by atoms with Crippen LogP contribution in [-0.2, 0) is 24.2 Å². The average Bonchev–Trinajstić information content (AvgIpc) is 3.21. The van der Waals surface area contributed by atoms with Crippen molar-refractivity contribution >= 4 is 17.7 Å². The first kappa shape index (κ1) is 20.6. The van der Waals surface area contributed by atoms with E-state index < -0.39 is 5.60 Å². The summed E-state index contributed by atoms with van der Waals surface area (Å²) >= 11 is 0. The molecule has 2 aromatic rings. The molecule has 1 amide bonds. The fourth-order valence-electron chi connectivity index (χ4n) is 3.87. The van der Waals surface area contributed by atoms with Crippen LogP contribution >= 0.6 is 0 Å². The Bertz CT molecular complexity index is 885. The first-order valence-electron chi connectivity index (χ1n) is 10.8. The van der Waals surface area contributed by atoms with E-state index in [-0.39, 0.29) is 6.09 Å². The zero-order chi connectivity index (χ0) is 21.1. The molecule has 2 aliphatic rings. The van der Waals surface area contributed by atoms with Crippen LogP contribution in [0.3, 0.4) is 0 Å². The number of fused-ring (bicyclic) bond motifs is 1. The highest BCUT2D eigenvalue weighted by atomic mass is 16.6. The Hall–Kier alpha value is -2.67. The fraction of sp³-hybridized carbons (Fsp3) is 0.522. The number of nitrogens with zero attached hydrogens (tertiary/aromatic N) is 4. The van der Waals surface area contributed by atoms with Crippen molar-refractivity contribution in [2.24, 2.45) is 0 Å². The third-order valence-electron chi connectivity index (χ3n) is 5.41. The molecule has 30 heavy (non-hydrogen) atoms. The molecule has 0 bridgehead atoms. The summed E-state index contributed by atoms with van der Waals surface area (Å²) < 4.78 is 5.50. The van der Waals surface area contributed by atoms with E-state index in [0.717, 1.165) is 29.9 Å². The van der Waals surface area contributed by atoms with E-state index in [1.165, 1.54) is 31.5 Å². The van der Waals surface area contributed by atoms with E-state index in [2.05, 4.69) is 44.5 Å². The number of rotatable bonds is 4. The molecule has 3 heterocycles. The van der Waals surface area contributed by atoms with Crippen molar-refractivity contribution in [2.45, 2.75) is 58.7 Å². The van der Waals surface area contributed by atoms with Crippen molar-refractivity contribution in [2.75, 3.05) is 25.0 Å². The van der Waals surface area contributed by atoms with Gasteiger partial charge in [-0.15, -0.1) is 0 Å². The first-order valence-corrected chi connectivity index (χ1v) is 10.8. The Morgan fingerprint density at radius 1 is 1.13 bits per heavy atom. The second-order valence-corrected chi connectivity index (χ2v) is 9.12. The number of amides is 1. The predicted octanol–water partition coefficient (Wildman–Crippen LogP) is 4.11. The van der Waals surface area contributed by atoms with Crippen molar-refractivity contribution in [1.82, 2.24) is 19.8 Å². The number of anilines is 2. The van der Waals surface area contributed by atoms with E-state index in [1.807, 2.05) is 27.0 Å². The number of aromatic nitrogens is 2. The second kappa shape index (κ2) is 8.60. The molecule has 0 unspecified atom stereocenters. The summed E-state index contributed by atoms with van der Waals surface area (Å²) in [4.78, 5) is 25.7. The number of hydrogen-bond donors (Lipinski definition) is 1.